The molecule has 6 heteroatoms. The molecule has 1 aliphatic rings. The highest BCUT2D eigenvalue weighted by Crippen LogP contribution is 2.29. The second kappa shape index (κ2) is 6.12. The molecule has 2 rings (SSSR count). The van der Waals surface area contributed by atoms with Gasteiger partial charge in [0.15, 0.2) is 0 Å². The lowest BCUT2D eigenvalue weighted by Crippen LogP contribution is -2.32. The maximum Gasteiger partial charge on any atom is 0.253 e. The molecular weight excluding hydrogens is 266 g/mol. The van der Waals surface area contributed by atoms with Crippen molar-refractivity contribution in [1.82, 2.24) is 5.32 Å². The Labute approximate surface area is 117 Å². The maximum atomic E-state index is 12.2. The Kier molecular flexibility index (Phi) is 4.50. The van der Waals surface area contributed by atoms with Gasteiger partial charge in [-0.25, -0.2) is 0 Å². The predicted octanol–water partition coefficient (Wildman–Crippen LogP) is 2.86. The van der Waals surface area contributed by atoms with Crippen LogP contribution in [-0.4, -0.2) is 24.2 Å². The third-order valence-electron chi connectivity index (χ3n) is 3.43. The van der Waals surface area contributed by atoms with Crippen LogP contribution in [0.1, 0.15) is 36.0 Å². The molecule has 0 aromatic heterocycles. The fraction of sp³-hybridized carbons (Fsp3) is 0.462. The summed E-state index contributed by atoms with van der Waals surface area (Å²) in [4.78, 5) is 12.2. The molecule has 0 bridgehead atoms. The van der Waals surface area contributed by atoms with Crippen LogP contribution in [0.15, 0.2) is 12.1 Å². The molecule has 0 heterocycles. The van der Waals surface area contributed by atoms with Crippen LogP contribution in [-0.2, 0) is 0 Å². The first kappa shape index (κ1) is 14.0. The smallest absolute Gasteiger partial charge is 0.253 e. The van der Waals surface area contributed by atoms with Crippen LogP contribution in [0.25, 0.3) is 0 Å². The Balaban J connectivity index is 2.20. The Morgan fingerprint density at radius 1 is 1.32 bits per heavy atom. The van der Waals surface area contributed by atoms with E-state index in [1.807, 2.05) is 0 Å². The molecule has 0 aliphatic heterocycles. The highest BCUT2D eigenvalue weighted by molar-refractivity contribution is 6.34. The van der Waals surface area contributed by atoms with Crippen molar-refractivity contribution in [2.75, 3.05) is 17.8 Å². The Hall–Kier alpha value is -1.46. The SMILES string of the molecule is CNc1cc(Cl)c(C(=O)NC2CCCC2)cc1NO. The molecule has 1 aliphatic carbocycles. The van der Waals surface area contributed by atoms with Gasteiger partial charge in [-0.2, -0.15) is 0 Å². The van der Waals surface area contributed by atoms with Crippen LogP contribution in [0.3, 0.4) is 0 Å². The lowest BCUT2D eigenvalue weighted by molar-refractivity contribution is 0.0938. The van der Waals surface area contributed by atoms with Gasteiger partial charge in [-0.3, -0.25) is 15.5 Å². The molecule has 19 heavy (non-hydrogen) atoms. The highest BCUT2D eigenvalue weighted by Gasteiger charge is 2.20. The third kappa shape index (κ3) is 3.11. The number of carbonyl (C=O) groups excluding carboxylic acids is 1. The van der Waals surface area contributed by atoms with Gasteiger partial charge in [0.05, 0.1) is 22.0 Å². The van der Waals surface area contributed by atoms with E-state index in [1.54, 1.807) is 19.2 Å². The Bertz CT molecular complexity index is 473. The number of anilines is 2. The maximum absolute atomic E-state index is 12.2. The molecule has 4 N–H and O–H groups in total. The summed E-state index contributed by atoms with van der Waals surface area (Å²) in [6.07, 6.45) is 4.34. The standard InChI is InChI=1S/C13H18ClN3O2/c1-15-11-7-10(14)9(6-12(11)17-19)13(18)16-8-4-2-3-5-8/h6-8,15,17,19H,2-5H2,1H3,(H,16,18). The minimum absolute atomic E-state index is 0.198. The summed E-state index contributed by atoms with van der Waals surface area (Å²) in [5.41, 5.74) is 3.48. The first-order valence-electron chi connectivity index (χ1n) is 6.38. The van der Waals surface area contributed by atoms with Gasteiger partial charge in [-0.15, -0.1) is 0 Å². The van der Waals surface area contributed by atoms with Crippen molar-refractivity contribution in [3.05, 3.63) is 22.7 Å². The average Bonchev–Trinajstić information content (AvgIpc) is 2.90. The number of hydrogen-bond donors (Lipinski definition) is 4. The number of carbonyl (C=O) groups is 1. The molecule has 1 amide bonds. The molecule has 1 aromatic rings. The summed E-state index contributed by atoms with van der Waals surface area (Å²) in [6.45, 7) is 0. The van der Waals surface area contributed by atoms with E-state index in [0.717, 1.165) is 25.7 Å². The fourth-order valence-electron chi connectivity index (χ4n) is 2.38. The largest absolute Gasteiger partial charge is 0.386 e. The normalized spacial score (nSPS) is 15.3. The van der Waals surface area contributed by atoms with E-state index < -0.39 is 0 Å². The summed E-state index contributed by atoms with van der Waals surface area (Å²) in [6, 6.07) is 3.39. The van der Waals surface area contributed by atoms with Crippen LogP contribution < -0.4 is 16.1 Å². The van der Waals surface area contributed by atoms with Crippen molar-refractivity contribution in [1.29, 1.82) is 0 Å². The summed E-state index contributed by atoms with van der Waals surface area (Å²) < 4.78 is 0. The van der Waals surface area contributed by atoms with Crippen molar-refractivity contribution < 1.29 is 10.0 Å². The van der Waals surface area contributed by atoms with Crippen LogP contribution in [0.4, 0.5) is 11.4 Å². The van der Waals surface area contributed by atoms with E-state index in [1.165, 1.54) is 0 Å². The van der Waals surface area contributed by atoms with E-state index in [0.29, 0.717) is 22.0 Å². The van der Waals surface area contributed by atoms with Crippen LogP contribution in [0.5, 0.6) is 0 Å². The minimum Gasteiger partial charge on any atom is -0.386 e. The summed E-state index contributed by atoms with van der Waals surface area (Å²) in [5.74, 6) is -0.198. The van der Waals surface area contributed by atoms with Crippen LogP contribution in [0, 0.1) is 0 Å². The van der Waals surface area contributed by atoms with Gasteiger partial charge in [0.25, 0.3) is 5.91 Å². The van der Waals surface area contributed by atoms with Crippen molar-refractivity contribution in [3.8, 4) is 0 Å². The zero-order valence-corrected chi connectivity index (χ0v) is 11.5. The van der Waals surface area contributed by atoms with E-state index in [-0.39, 0.29) is 11.9 Å². The molecule has 1 fully saturated rings. The van der Waals surface area contributed by atoms with Crippen molar-refractivity contribution in [3.63, 3.8) is 0 Å². The lowest BCUT2D eigenvalue weighted by atomic mass is 10.1. The number of amides is 1. The molecule has 5 nitrogen and oxygen atoms in total. The second-order valence-corrected chi connectivity index (χ2v) is 5.10. The molecule has 104 valence electrons. The zero-order chi connectivity index (χ0) is 13.8. The lowest BCUT2D eigenvalue weighted by Gasteiger charge is -2.15. The third-order valence-corrected chi connectivity index (χ3v) is 3.74. The van der Waals surface area contributed by atoms with Gasteiger partial charge in [-0.05, 0) is 25.0 Å². The Morgan fingerprint density at radius 2 is 2.00 bits per heavy atom. The van der Waals surface area contributed by atoms with E-state index in [2.05, 4.69) is 16.1 Å². The van der Waals surface area contributed by atoms with Crippen molar-refractivity contribution in [2.45, 2.75) is 31.7 Å². The number of nitrogens with one attached hydrogen (secondary N) is 3. The van der Waals surface area contributed by atoms with Crippen molar-refractivity contribution in [2.24, 2.45) is 0 Å². The van der Waals surface area contributed by atoms with E-state index >= 15 is 0 Å². The first-order valence-corrected chi connectivity index (χ1v) is 6.75. The molecular formula is C13H18ClN3O2. The molecule has 0 radical (unpaired) electrons. The molecule has 0 unspecified atom stereocenters. The van der Waals surface area contributed by atoms with Gasteiger partial charge < -0.3 is 10.6 Å². The van der Waals surface area contributed by atoms with Crippen LogP contribution in [0.2, 0.25) is 5.02 Å². The molecule has 0 spiro atoms. The van der Waals surface area contributed by atoms with Gasteiger partial charge >= 0.3 is 0 Å². The monoisotopic (exact) mass is 283 g/mol. The van der Waals surface area contributed by atoms with Gasteiger partial charge in [0, 0.05) is 13.1 Å². The van der Waals surface area contributed by atoms with E-state index in [4.69, 9.17) is 16.8 Å². The quantitative estimate of drug-likeness (QED) is 0.641. The average molecular weight is 284 g/mol. The first-order chi connectivity index (χ1) is 9.15. The number of halogens is 1. The molecule has 0 saturated heterocycles. The topological polar surface area (TPSA) is 73.4 Å². The fourth-order valence-corrected chi connectivity index (χ4v) is 2.63. The Morgan fingerprint density at radius 3 is 2.58 bits per heavy atom. The number of benzene rings is 1. The minimum atomic E-state index is -0.198. The molecule has 1 saturated carbocycles. The van der Waals surface area contributed by atoms with Gasteiger partial charge in [0.2, 0.25) is 0 Å². The molecule has 0 atom stereocenters. The number of rotatable bonds is 4. The van der Waals surface area contributed by atoms with E-state index in [9.17, 15) is 4.79 Å². The molecule has 1 aromatic carbocycles. The predicted molar refractivity (Wildman–Crippen MR) is 76.1 cm³/mol. The summed E-state index contributed by atoms with van der Waals surface area (Å²) in [5, 5.41) is 15.3. The summed E-state index contributed by atoms with van der Waals surface area (Å²) in [7, 11) is 1.71. The second-order valence-electron chi connectivity index (χ2n) is 4.69. The van der Waals surface area contributed by atoms with Gasteiger partial charge in [0.1, 0.15) is 0 Å². The summed E-state index contributed by atoms with van der Waals surface area (Å²) >= 11 is 6.11. The van der Waals surface area contributed by atoms with Gasteiger partial charge in [-0.1, -0.05) is 24.4 Å². The highest BCUT2D eigenvalue weighted by atomic mass is 35.5. The zero-order valence-electron chi connectivity index (χ0n) is 10.8. The van der Waals surface area contributed by atoms with Crippen molar-refractivity contribution >= 4 is 28.9 Å². The number of hydrogen-bond acceptors (Lipinski definition) is 4. The van der Waals surface area contributed by atoms with Crippen LogP contribution >= 0.6 is 11.6 Å².